The average molecular weight is 257 g/mol. The molecule has 0 bridgehead atoms. The van der Waals surface area contributed by atoms with E-state index in [9.17, 15) is 0 Å². The Hall–Kier alpha value is -0.280. The highest BCUT2D eigenvalue weighted by atomic mass is 35.5. The minimum Gasteiger partial charge on any atom is -0.241 e. The highest BCUT2D eigenvalue weighted by Gasteiger charge is 2.16. The third-order valence-electron chi connectivity index (χ3n) is 2.85. The molecule has 1 aromatic rings. The quantitative estimate of drug-likeness (QED) is 0.470. The van der Waals surface area contributed by atoms with Gasteiger partial charge in [0, 0.05) is 22.9 Å². The van der Waals surface area contributed by atoms with Crippen molar-refractivity contribution in [2.45, 2.75) is 37.6 Å². The zero-order valence-electron chi connectivity index (χ0n) is 9.58. The summed E-state index contributed by atoms with van der Waals surface area (Å²) in [4.78, 5) is 8.78. The molecule has 1 aliphatic rings. The van der Waals surface area contributed by atoms with E-state index in [1.54, 1.807) is 6.33 Å². The van der Waals surface area contributed by atoms with Crippen molar-refractivity contribution in [2.24, 2.45) is 5.92 Å². The van der Waals surface area contributed by atoms with Gasteiger partial charge in [0.05, 0.1) is 0 Å². The molecule has 1 unspecified atom stereocenters. The van der Waals surface area contributed by atoms with Crippen LogP contribution >= 0.6 is 23.4 Å². The van der Waals surface area contributed by atoms with Gasteiger partial charge in [0.2, 0.25) is 0 Å². The summed E-state index contributed by atoms with van der Waals surface area (Å²) in [6, 6.07) is 0. The topological polar surface area (TPSA) is 25.8 Å². The van der Waals surface area contributed by atoms with Crippen molar-refractivity contribution in [2.75, 3.05) is 11.6 Å². The minimum absolute atomic E-state index is 0.542. The second-order valence-electron chi connectivity index (χ2n) is 4.38. The Kier molecular flexibility index (Phi) is 4.47. The molecule has 2 rings (SSSR count). The Morgan fingerprint density at radius 3 is 3.00 bits per heavy atom. The average Bonchev–Trinajstić information content (AvgIpc) is 2.35. The Morgan fingerprint density at radius 1 is 1.38 bits per heavy atom. The van der Waals surface area contributed by atoms with Crippen LogP contribution in [0.2, 0.25) is 0 Å². The Morgan fingerprint density at radius 2 is 2.19 bits per heavy atom. The van der Waals surface area contributed by atoms with Crippen molar-refractivity contribution in [3.63, 3.8) is 0 Å². The van der Waals surface area contributed by atoms with Crippen molar-refractivity contribution in [3.05, 3.63) is 17.6 Å². The Balaban J connectivity index is 2.08. The van der Waals surface area contributed by atoms with Crippen LogP contribution in [0.25, 0.3) is 0 Å². The maximum Gasteiger partial charge on any atom is 0.116 e. The lowest BCUT2D eigenvalue weighted by Crippen LogP contribution is -2.09. The van der Waals surface area contributed by atoms with Crippen LogP contribution in [0.4, 0.5) is 0 Å². The van der Waals surface area contributed by atoms with Gasteiger partial charge in [-0.15, -0.1) is 23.4 Å². The van der Waals surface area contributed by atoms with Crippen molar-refractivity contribution in [1.82, 2.24) is 9.97 Å². The molecule has 0 fully saturated rings. The van der Waals surface area contributed by atoms with Crippen molar-refractivity contribution in [3.8, 4) is 0 Å². The van der Waals surface area contributed by atoms with Crippen molar-refractivity contribution < 1.29 is 0 Å². The second kappa shape index (κ2) is 5.87. The van der Waals surface area contributed by atoms with E-state index >= 15 is 0 Å². The number of aromatic nitrogens is 2. The van der Waals surface area contributed by atoms with E-state index in [-0.39, 0.29) is 0 Å². The fourth-order valence-corrected chi connectivity index (χ4v) is 3.20. The lowest BCUT2D eigenvalue weighted by Gasteiger charge is -2.17. The number of hydrogen-bond donors (Lipinski definition) is 0. The molecule has 0 N–H and O–H groups in total. The zero-order chi connectivity index (χ0) is 11.4. The highest BCUT2D eigenvalue weighted by Crippen LogP contribution is 2.28. The van der Waals surface area contributed by atoms with E-state index < -0.39 is 0 Å². The van der Waals surface area contributed by atoms with E-state index in [4.69, 9.17) is 11.6 Å². The van der Waals surface area contributed by atoms with Gasteiger partial charge in [0.25, 0.3) is 0 Å². The molecule has 0 aromatic carbocycles. The van der Waals surface area contributed by atoms with Gasteiger partial charge >= 0.3 is 0 Å². The first kappa shape index (κ1) is 12.2. The molecule has 0 aliphatic heterocycles. The first-order chi connectivity index (χ1) is 7.81. The second-order valence-corrected chi connectivity index (χ2v) is 5.70. The summed E-state index contributed by atoms with van der Waals surface area (Å²) in [5, 5.41) is 1.18. The Labute approximate surface area is 106 Å². The third kappa shape index (κ3) is 2.89. The van der Waals surface area contributed by atoms with Gasteiger partial charge < -0.3 is 0 Å². The predicted molar refractivity (Wildman–Crippen MR) is 69.3 cm³/mol. The van der Waals surface area contributed by atoms with Crippen molar-refractivity contribution >= 4 is 23.4 Å². The molecule has 4 heteroatoms. The van der Waals surface area contributed by atoms with Crippen LogP contribution in [0.5, 0.6) is 0 Å². The normalized spacial score (nSPS) is 16.9. The van der Waals surface area contributed by atoms with Crippen LogP contribution in [-0.4, -0.2) is 21.6 Å². The first-order valence-corrected chi connectivity index (χ1v) is 7.34. The molecule has 2 nitrogen and oxygen atoms in total. The van der Waals surface area contributed by atoms with E-state index in [1.807, 2.05) is 11.8 Å². The summed E-state index contributed by atoms with van der Waals surface area (Å²) >= 11 is 7.65. The zero-order valence-corrected chi connectivity index (χ0v) is 11.2. The van der Waals surface area contributed by atoms with Crippen LogP contribution in [0, 0.1) is 5.92 Å². The summed E-state index contributed by atoms with van der Waals surface area (Å²) in [5.41, 5.74) is 2.66. The number of nitrogens with zero attached hydrogens (tertiary/aromatic N) is 2. The van der Waals surface area contributed by atoms with Gasteiger partial charge in [-0.05, 0) is 31.6 Å². The van der Waals surface area contributed by atoms with E-state index in [1.165, 1.54) is 29.1 Å². The summed E-state index contributed by atoms with van der Waals surface area (Å²) in [7, 11) is 0. The molecule has 0 saturated carbocycles. The van der Waals surface area contributed by atoms with Gasteiger partial charge in [-0.1, -0.05) is 6.92 Å². The lowest BCUT2D eigenvalue weighted by atomic mass is 9.98. The van der Waals surface area contributed by atoms with Gasteiger partial charge in [0.15, 0.2) is 0 Å². The predicted octanol–water partition coefficient (Wildman–Crippen LogP) is 3.32. The number of fused-ring (bicyclic) bond motifs is 1. The largest absolute Gasteiger partial charge is 0.241 e. The summed E-state index contributed by atoms with van der Waals surface area (Å²) in [6.07, 6.45) is 6.52. The lowest BCUT2D eigenvalue weighted by molar-refractivity contribution is 0.645. The number of thioether (sulfide) groups is 1. The maximum atomic E-state index is 5.82. The number of hydrogen-bond acceptors (Lipinski definition) is 3. The molecule has 1 aromatic heterocycles. The van der Waals surface area contributed by atoms with Crippen molar-refractivity contribution in [1.29, 1.82) is 0 Å². The molecule has 1 atom stereocenters. The number of alkyl halides is 1. The van der Waals surface area contributed by atoms with E-state index in [2.05, 4.69) is 16.9 Å². The molecular weight excluding hydrogens is 240 g/mol. The van der Waals surface area contributed by atoms with Gasteiger partial charge in [0.1, 0.15) is 11.4 Å². The van der Waals surface area contributed by atoms with Crippen LogP contribution < -0.4 is 0 Å². The van der Waals surface area contributed by atoms with Gasteiger partial charge in [-0.3, -0.25) is 0 Å². The Bertz CT molecular complexity index is 357. The standard InChI is InChI=1S/C12H17ClN2S/c1-9(6-13)7-16-12-10-4-2-3-5-11(10)14-8-15-12/h8-9H,2-7H2,1H3. The summed E-state index contributed by atoms with van der Waals surface area (Å²) in [6.45, 7) is 2.17. The monoisotopic (exact) mass is 256 g/mol. The van der Waals surface area contributed by atoms with Crippen LogP contribution in [-0.2, 0) is 12.8 Å². The maximum absolute atomic E-state index is 5.82. The SMILES string of the molecule is CC(CCl)CSc1ncnc2c1CCCC2. The fraction of sp³-hybridized carbons (Fsp3) is 0.667. The molecule has 0 spiro atoms. The number of rotatable bonds is 4. The van der Waals surface area contributed by atoms with Crippen LogP contribution in [0.15, 0.2) is 11.4 Å². The van der Waals surface area contributed by atoms with Gasteiger partial charge in [-0.25, -0.2) is 9.97 Å². The third-order valence-corrected chi connectivity index (χ3v) is 4.74. The first-order valence-electron chi connectivity index (χ1n) is 5.82. The molecule has 1 heterocycles. The molecule has 16 heavy (non-hydrogen) atoms. The molecule has 0 amide bonds. The van der Waals surface area contributed by atoms with E-state index in [0.717, 1.165) is 24.5 Å². The van der Waals surface area contributed by atoms with E-state index in [0.29, 0.717) is 5.92 Å². The summed E-state index contributed by atoms with van der Waals surface area (Å²) < 4.78 is 0. The smallest absolute Gasteiger partial charge is 0.116 e. The summed E-state index contributed by atoms with van der Waals surface area (Å²) in [5.74, 6) is 2.31. The van der Waals surface area contributed by atoms with Gasteiger partial charge in [-0.2, -0.15) is 0 Å². The highest BCUT2D eigenvalue weighted by molar-refractivity contribution is 7.99. The number of halogens is 1. The molecular formula is C12H17ClN2S. The molecule has 0 saturated heterocycles. The molecule has 88 valence electrons. The number of aryl methyl sites for hydroxylation is 1. The van der Waals surface area contributed by atoms with Crippen LogP contribution in [0.1, 0.15) is 31.0 Å². The van der Waals surface area contributed by atoms with Crippen LogP contribution in [0.3, 0.4) is 0 Å². The molecule has 1 aliphatic carbocycles. The minimum atomic E-state index is 0.542. The molecule has 0 radical (unpaired) electrons. The fourth-order valence-electron chi connectivity index (χ4n) is 1.88.